The number of anilines is 1. The lowest BCUT2D eigenvalue weighted by molar-refractivity contribution is 0.00900. The summed E-state index contributed by atoms with van der Waals surface area (Å²) in [5, 5.41) is 0. The van der Waals surface area contributed by atoms with Crippen molar-refractivity contribution in [3.05, 3.63) is 23.9 Å². The van der Waals surface area contributed by atoms with Crippen molar-refractivity contribution >= 4 is 18.2 Å². The molecule has 0 aliphatic carbocycles. The molecule has 2 N–H and O–H groups in total. The summed E-state index contributed by atoms with van der Waals surface area (Å²) in [7, 11) is 1.50. The molecule has 0 saturated carbocycles. The van der Waals surface area contributed by atoms with Gasteiger partial charge in [-0.3, -0.25) is 9.69 Å². The molecule has 2 aliphatic rings. The molecule has 8 nitrogen and oxygen atoms in total. The van der Waals surface area contributed by atoms with Crippen LogP contribution in [0, 0.1) is 0 Å². The second-order valence-corrected chi connectivity index (χ2v) is 8.29. The van der Waals surface area contributed by atoms with Gasteiger partial charge in [0.2, 0.25) is 0 Å². The molecule has 162 valence electrons. The van der Waals surface area contributed by atoms with Crippen LogP contribution >= 0.6 is 0 Å². The third-order valence-electron chi connectivity index (χ3n) is 5.18. The molecule has 29 heavy (non-hydrogen) atoms. The Labute approximate surface area is 174 Å². The molecule has 0 radical (unpaired) electrons. The molecule has 0 spiro atoms. The lowest BCUT2D eigenvalue weighted by atomic mass is 10.0. The number of nitrogens with two attached hydrogens (primary N) is 1. The van der Waals surface area contributed by atoms with Crippen molar-refractivity contribution in [3.8, 4) is 0 Å². The summed E-state index contributed by atoms with van der Waals surface area (Å²) in [5.74, 6) is 0.939. The Morgan fingerprint density at radius 2 is 1.72 bits per heavy atom. The fraction of sp³-hybridized carbons (Fsp3) is 0.667. The van der Waals surface area contributed by atoms with E-state index in [0.29, 0.717) is 11.6 Å². The molecule has 1 aromatic rings. The third-order valence-corrected chi connectivity index (χ3v) is 5.18. The summed E-state index contributed by atoms with van der Waals surface area (Å²) < 4.78 is 5.47. The van der Waals surface area contributed by atoms with Gasteiger partial charge in [-0.25, -0.2) is 9.78 Å². The summed E-state index contributed by atoms with van der Waals surface area (Å²) >= 11 is 0. The lowest BCUT2D eigenvalue weighted by Gasteiger charge is -2.43. The summed E-state index contributed by atoms with van der Waals surface area (Å²) in [6.07, 6.45) is 4.42. The first-order valence-electron chi connectivity index (χ1n) is 10.3. The molecule has 1 amide bonds. The number of ether oxygens (including phenoxy) is 1. The molecule has 3 rings (SSSR count). The van der Waals surface area contributed by atoms with E-state index >= 15 is 0 Å². The average Bonchev–Trinajstić information content (AvgIpc) is 2.74. The number of carbonyl (C=O) groups excluding carboxylic acids is 2. The van der Waals surface area contributed by atoms with E-state index in [1.165, 1.54) is 7.05 Å². The molecule has 0 atom stereocenters. The van der Waals surface area contributed by atoms with Crippen LogP contribution in [-0.2, 0) is 4.74 Å². The number of piperazine rings is 1. The van der Waals surface area contributed by atoms with E-state index < -0.39 is 5.60 Å². The van der Waals surface area contributed by atoms with Crippen molar-refractivity contribution in [1.82, 2.24) is 14.8 Å². The Hall–Kier alpha value is -2.19. The van der Waals surface area contributed by atoms with Crippen molar-refractivity contribution < 1.29 is 14.3 Å². The normalized spacial score (nSPS) is 18.7. The molecule has 8 heteroatoms. The van der Waals surface area contributed by atoms with E-state index in [1.54, 1.807) is 6.20 Å². The van der Waals surface area contributed by atoms with Crippen LogP contribution in [0.2, 0.25) is 0 Å². The maximum Gasteiger partial charge on any atom is 0.410 e. The second-order valence-electron chi connectivity index (χ2n) is 8.29. The van der Waals surface area contributed by atoms with Crippen molar-refractivity contribution in [3.63, 3.8) is 0 Å². The van der Waals surface area contributed by atoms with Crippen molar-refractivity contribution in [2.45, 2.75) is 45.3 Å². The van der Waals surface area contributed by atoms with Crippen LogP contribution in [0.5, 0.6) is 0 Å². The fourth-order valence-electron chi connectivity index (χ4n) is 3.71. The largest absolute Gasteiger partial charge is 0.444 e. The summed E-state index contributed by atoms with van der Waals surface area (Å²) in [6.45, 7) is 10.9. The van der Waals surface area contributed by atoms with Gasteiger partial charge in [0, 0.05) is 57.1 Å². The first-order chi connectivity index (χ1) is 13.9. The molecule has 0 aromatic carbocycles. The quantitative estimate of drug-likeness (QED) is 0.769. The van der Waals surface area contributed by atoms with Crippen LogP contribution in [0.25, 0.3) is 0 Å². The topological polar surface area (TPSA) is 92.0 Å². The third kappa shape index (κ3) is 6.68. The molecule has 3 heterocycles. The van der Waals surface area contributed by atoms with Gasteiger partial charge in [-0.1, -0.05) is 0 Å². The molecule has 2 saturated heterocycles. The number of aromatic nitrogens is 1. The number of amides is 1. The van der Waals surface area contributed by atoms with Gasteiger partial charge < -0.3 is 20.3 Å². The number of nitrogens with zero attached hydrogens (tertiary/aromatic N) is 4. The van der Waals surface area contributed by atoms with Gasteiger partial charge >= 0.3 is 6.09 Å². The Balaban J connectivity index is 0.00000145. The van der Waals surface area contributed by atoms with E-state index in [4.69, 9.17) is 4.74 Å². The number of piperidine rings is 1. The molecule has 0 unspecified atom stereocenters. The van der Waals surface area contributed by atoms with Crippen molar-refractivity contribution in [1.29, 1.82) is 0 Å². The molecule has 2 fully saturated rings. The molecular formula is C21H35N5O3. The number of pyridine rings is 1. The van der Waals surface area contributed by atoms with Crippen LogP contribution < -0.4 is 10.6 Å². The van der Waals surface area contributed by atoms with Gasteiger partial charge in [-0.15, -0.1) is 0 Å². The van der Waals surface area contributed by atoms with Gasteiger partial charge in [-0.2, -0.15) is 0 Å². The van der Waals surface area contributed by atoms with Crippen LogP contribution in [0.3, 0.4) is 0 Å². The van der Waals surface area contributed by atoms with Crippen molar-refractivity contribution in [2.24, 2.45) is 5.73 Å². The number of carbonyl (C=O) groups is 2. The lowest BCUT2D eigenvalue weighted by Crippen LogP contribution is -2.55. The Kier molecular flexibility index (Phi) is 8.40. The number of hydrogen-bond donors (Lipinski definition) is 1. The smallest absolute Gasteiger partial charge is 0.410 e. The summed E-state index contributed by atoms with van der Waals surface area (Å²) in [5.41, 5.74) is 4.66. The number of rotatable bonds is 3. The Morgan fingerprint density at radius 3 is 2.21 bits per heavy atom. The minimum Gasteiger partial charge on any atom is -0.444 e. The standard InChI is InChI=1S/C20H30N4O3.CH5N/c1-20(2,3)27-19(26)24-12-10-22(11-13-24)17-6-8-23(9-7-17)18-5-4-16(15-25)14-21-18;1-2/h4-5,14-15,17H,6-13H2,1-3H3;2H2,1H3. The van der Waals surface area contributed by atoms with Crippen LogP contribution in [-0.4, -0.2) is 85.1 Å². The SMILES string of the molecule is CC(C)(C)OC(=O)N1CCN(C2CCN(c3ccc(C=O)cn3)CC2)CC1.CN. The van der Waals surface area contributed by atoms with Crippen LogP contribution in [0.1, 0.15) is 44.0 Å². The summed E-state index contributed by atoms with van der Waals surface area (Å²) in [6, 6.07) is 4.29. The first-order valence-corrected chi connectivity index (χ1v) is 10.3. The molecule has 2 aliphatic heterocycles. The highest BCUT2D eigenvalue weighted by molar-refractivity contribution is 5.74. The Bertz CT molecular complexity index is 643. The van der Waals surface area contributed by atoms with Gasteiger partial charge in [0.05, 0.1) is 0 Å². The number of aldehydes is 1. The predicted octanol–water partition coefficient (Wildman–Crippen LogP) is 1.99. The average molecular weight is 406 g/mol. The molecule has 0 bridgehead atoms. The zero-order valence-corrected chi connectivity index (χ0v) is 18.1. The second kappa shape index (κ2) is 10.5. The zero-order valence-electron chi connectivity index (χ0n) is 18.1. The van der Waals surface area contributed by atoms with E-state index in [1.807, 2.05) is 37.8 Å². The van der Waals surface area contributed by atoms with Crippen molar-refractivity contribution in [2.75, 3.05) is 51.2 Å². The van der Waals surface area contributed by atoms with Crippen LogP contribution in [0.15, 0.2) is 18.3 Å². The monoisotopic (exact) mass is 405 g/mol. The predicted molar refractivity (Wildman–Crippen MR) is 114 cm³/mol. The highest BCUT2D eigenvalue weighted by Gasteiger charge is 2.30. The minimum absolute atomic E-state index is 0.207. The Morgan fingerprint density at radius 1 is 1.10 bits per heavy atom. The summed E-state index contributed by atoms with van der Waals surface area (Å²) in [4.78, 5) is 33.9. The van der Waals surface area contributed by atoms with E-state index in [-0.39, 0.29) is 6.09 Å². The van der Waals surface area contributed by atoms with Gasteiger partial charge in [0.25, 0.3) is 0 Å². The van der Waals surface area contributed by atoms with Gasteiger partial charge in [0.1, 0.15) is 11.4 Å². The first kappa shape index (κ1) is 23.1. The maximum atomic E-state index is 12.2. The number of hydrogen-bond acceptors (Lipinski definition) is 7. The van der Waals surface area contributed by atoms with E-state index in [0.717, 1.165) is 64.2 Å². The highest BCUT2D eigenvalue weighted by Crippen LogP contribution is 2.22. The maximum absolute atomic E-state index is 12.2. The van der Waals surface area contributed by atoms with Crippen LogP contribution in [0.4, 0.5) is 10.6 Å². The fourth-order valence-corrected chi connectivity index (χ4v) is 3.71. The minimum atomic E-state index is -0.445. The molecular weight excluding hydrogens is 370 g/mol. The van der Waals surface area contributed by atoms with Gasteiger partial charge in [0.15, 0.2) is 6.29 Å². The van der Waals surface area contributed by atoms with E-state index in [2.05, 4.69) is 20.5 Å². The highest BCUT2D eigenvalue weighted by atomic mass is 16.6. The van der Waals surface area contributed by atoms with E-state index in [9.17, 15) is 9.59 Å². The zero-order chi connectivity index (χ0) is 21.4. The molecule has 1 aromatic heterocycles. The van der Waals surface area contributed by atoms with Gasteiger partial charge in [-0.05, 0) is 52.8 Å².